The minimum atomic E-state index is -0.120. The van der Waals surface area contributed by atoms with Gasteiger partial charge in [-0.1, -0.05) is 0 Å². The predicted octanol–water partition coefficient (Wildman–Crippen LogP) is 2.96. The molecule has 0 radical (unpaired) electrons. The number of methoxy groups -OCH3 is 3. The lowest BCUT2D eigenvalue weighted by Crippen LogP contribution is -2.25. The Kier molecular flexibility index (Phi) is 4.57. The van der Waals surface area contributed by atoms with Crippen molar-refractivity contribution in [2.75, 3.05) is 26.6 Å². The smallest absolute Gasteiger partial charge is 0.226 e. The monoisotopic (exact) mass is 345 g/mol. The standard InChI is InChI=1S/C18H23N3O4/c1-10(2)21-18-13(9-19-21)12(8-16(22)20-18)11-6-14(23-3)17(25-5)15(7-11)24-4/h6-7,9-10,12H,8H2,1-5H3,(H,20,22)/t12-/m0/s1. The fourth-order valence-electron chi connectivity index (χ4n) is 3.23. The molecule has 25 heavy (non-hydrogen) atoms. The van der Waals surface area contributed by atoms with Gasteiger partial charge in [0, 0.05) is 23.9 Å². The van der Waals surface area contributed by atoms with Crippen molar-refractivity contribution in [3.8, 4) is 17.2 Å². The van der Waals surface area contributed by atoms with Crippen LogP contribution in [0.15, 0.2) is 18.3 Å². The first-order chi connectivity index (χ1) is 12.0. The number of fused-ring (bicyclic) bond motifs is 1. The molecule has 1 aromatic heterocycles. The number of ether oxygens (including phenoxy) is 3. The number of benzene rings is 1. The van der Waals surface area contributed by atoms with Gasteiger partial charge in [0.15, 0.2) is 11.5 Å². The Balaban J connectivity index is 2.13. The predicted molar refractivity (Wildman–Crippen MR) is 93.8 cm³/mol. The SMILES string of the molecule is COc1cc([C@@H]2CC(=O)Nc3c2cnn3C(C)C)cc(OC)c1OC. The number of aromatic nitrogens is 2. The lowest BCUT2D eigenvalue weighted by atomic mass is 9.87. The van der Waals surface area contributed by atoms with E-state index in [1.54, 1.807) is 21.3 Å². The lowest BCUT2D eigenvalue weighted by Gasteiger charge is -2.25. The third-order valence-corrected chi connectivity index (χ3v) is 4.43. The van der Waals surface area contributed by atoms with Gasteiger partial charge < -0.3 is 19.5 Å². The molecule has 2 aromatic rings. The number of hydrogen-bond donors (Lipinski definition) is 1. The van der Waals surface area contributed by atoms with E-state index in [1.807, 2.05) is 36.9 Å². The third-order valence-electron chi connectivity index (χ3n) is 4.43. The molecule has 7 heteroatoms. The van der Waals surface area contributed by atoms with E-state index in [0.29, 0.717) is 23.7 Å². The zero-order valence-corrected chi connectivity index (χ0v) is 15.1. The molecule has 1 aliphatic rings. The van der Waals surface area contributed by atoms with Gasteiger partial charge in [-0.05, 0) is 31.5 Å². The van der Waals surface area contributed by atoms with E-state index in [4.69, 9.17) is 14.2 Å². The molecule has 0 unspecified atom stereocenters. The van der Waals surface area contributed by atoms with Crippen LogP contribution in [-0.2, 0) is 4.79 Å². The molecule has 0 spiro atoms. The van der Waals surface area contributed by atoms with Crippen LogP contribution in [0.3, 0.4) is 0 Å². The third kappa shape index (κ3) is 2.90. The van der Waals surface area contributed by atoms with Crippen molar-refractivity contribution in [2.24, 2.45) is 0 Å². The summed E-state index contributed by atoms with van der Waals surface area (Å²) in [4.78, 5) is 12.3. The second-order valence-electron chi connectivity index (χ2n) is 6.25. The molecule has 1 amide bonds. The second-order valence-corrected chi connectivity index (χ2v) is 6.25. The van der Waals surface area contributed by atoms with Crippen molar-refractivity contribution in [2.45, 2.75) is 32.2 Å². The van der Waals surface area contributed by atoms with Gasteiger partial charge in [0.05, 0.1) is 27.5 Å². The topological polar surface area (TPSA) is 74.6 Å². The van der Waals surface area contributed by atoms with Gasteiger partial charge in [-0.25, -0.2) is 4.68 Å². The van der Waals surface area contributed by atoms with Crippen LogP contribution >= 0.6 is 0 Å². The van der Waals surface area contributed by atoms with E-state index < -0.39 is 0 Å². The van der Waals surface area contributed by atoms with E-state index in [1.165, 1.54) is 0 Å². The van der Waals surface area contributed by atoms with E-state index in [2.05, 4.69) is 10.4 Å². The van der Waals surface area contributed by atoms with Crippen molar-refractivity contribution >= 4 is 11.7 Å². The highest BCUT2D eigenvalue weighted by atomic mass is 16.5. The van der Waals surface area contributed by atoms with Crippen molar-refractivity contribution < 1.29 is 19.0 Å². The molecule has 0 fully saturated rings. The van der Waals surface area contributed by atoms with Crippen LogP contribution in [0.4, 0.5) is 5.82 Å². The van der Waals surface area contributed by atoms with Crippen LogP contribution < -0.4 is 19.5 Å². The summed E-state index contributed by atoms with van der Waals surface area (Å²) in [5, 5.41) is 7.38. The van der Waals surface area contributed by atoms with Crippen LogP contribution in [0.1, 0.15) is 43.4 Å². The van der Waals surface area contributed by atoms with Crippen LogP contribution in [-0.4, -0.2) is 37.0 Å². The van der Waals surface area contributed by atoms with Crippen LogP contribution in [0.5, 0.6) is 17.2 Å². The largest absolute Gasteiger partial charge is 0.493 e. The Hall–Kier alpha value is -2.70. The van der Waals surface area contributed by atoms with Crippen LogP contribution in [0.2, 0.25) is 0 Å². The van der Waals surface area contributed by atoms with Gasteiger partial charge in [-0.15, -0.1) is 0 Å². The summed E-state index contributed by atoms with van der Waals surface area (Å²) in [6.45, 7) is 4.06. The number of nitrogens with zero attached hydrogens (tertiary/aromatic N) is 2. The summed E-state index contributed by atoms with van der Waals surface area (Å²) >= 11 is 0. The normalized spacial score (nSPS) is 16.4. The molecular weight excluding hydrogens is 322 g/mol. The fraction of sp³-hybridized carbons (Fsp3) is 0.444. The van der Waals surface area contributed by atoms with Gasteiger partial charge in [0.1, 0.15) is 5.82 Å². The molecule has 2 heterocycles. The average Bonchev–Trinajstić information content (AvgIpc) is 3.03. The quantitative estimate of drug-likeness (QED) is 0.902. The van der Waals surface area contributed by atoms with Gasteiger partial charge in [0.25, 0.3) is 0 Å². The highest BCUT2D eigenvalue weighted by molar-refractivity contribution is 5.94. The van der Waals surface area contributed by atoms with Crippen LogP contribution in [0, 0.1) is 0 Å². The first kappa shape index (κ1) is 17.1. The van der Waals surface area contributed by atoms with E-state index in [-0.39, 0.29) is 17.9 Å². The van der Waals surface area contributed by atoms with Gasteiger partial charge >= 0.3 is 0 Å². The minimum Gasteiger partial charge on any atom is -0.493 e. The molecule has 0 saturated carbocycles. The molecule has 7 nitrogen and oxygen atoms in total. The molecule has 1 aliphatic heterocycles. The van der Waals surface area contributed by atoms with Crippen molar-refractivity contribution in [3.63, 3.8) is 0 Å². The van der Waals surface area contributed by atoms with Crippen molar-refractivity contribution in [1.82, 2.24) is 9.78 Å². The number of carbonyl (C=O) groups is 1. The molecule has 1 aromatic carbocycles. The van der Waals surface area contributed by atoms with Gasteiger partial charge in [-0.3, -0.25) is 4.79 Å². The minimum absolute atomic E-state index is 0.0337. The fourth-order valence-corrected chi connectivity index (χ4v) is 3.23. The summed E-state index contributed by atoms with van der Waals surface area (Å²) in [6, 6.07) is 3.94. The molecule has 0 bridgehead atoms. The number of rotatable bonds is 5. The number of carbonyl (C=O) groups excluding carboxylic acids is 1. The molecule has 0 saturated heterocycles. The molecule has 1 atom stereocenters. The van der Waals surface area contributed by atoms with Gasteiger partial charge in [0.2, 0.25) is 11.7 Å². The summed E-state index contributed by atoms with van der Waals surface area (Å²) in [6.07, 6.45) is 2.16. The van der Waals surface area contributed by atoms with E-state index >= 15 is 0 Å². The Morgan fingerprint density at radius 2 is 1.80 bits per heavy atom. The highest BCUT2D eigenvalue weighted by Crippen LogP contribution is 2.44. The molecular formula is C18H23N3O4. The first-order valence-corrected chi connectivity index (χ1v) is 8.17. The highest BCUT2D eigenvalue weighted by Gasteiger charge is 2.31. The maximum Gasteiger partial charge on any atom is 0.226 e. The molecule has 3 rings (SSSR count). The average molecular weight is 345 g/mol. The molecule has 1 N–H and O–H groups in total. The number of hydrogen-bond acceptors (Lipinski definition) is 5. The summed E-state index contributed by atoms with van der Waals surface area (Å²) in [5.41, 5.74) is 1.91. The summed E-state index contributed by atoms with van der Waals surface area (Å²) in [5.74, 6) is 2.27. The Morgan fingerprint density at radius 1 is 1.16 bits per heavy atom. The first-order valence-electron chi connectivity index (χ1n) is 8.17. The molecule has 134 valence electrons. The summed E-state index contributed by atoms with van der Waals surface area (Å²) < 4.78 is 18.1. The number of nitrogens with one attached hydrogen (secondary N) is 1. The van der Waals surface area contributed by atoms with E-state index in [9.17, 15) is 4.79 Å². The Labute approximate surface area is 146 Å². The zero-order chi connectivity index (χ0) is 18.1. The van der Waals surface area contributed by atoms with Crippen molar-refractivity contribution in [1.29, 1.82) is 0 Å². The zero-order valence-electron chi connectivity index (χ0n) is 15.1. The summed E-state index contributed by atoms with van der Waals surface area (Å²) in [7, 11) is 4.73. The maximum atomic E-state index is 12.3. The lowest BCUT2D eigenvalue weighted by molar-refractivity contribution is -0.116. The van der Waals surface area contributed by atoms with Crippen LogP contribution in [0.25, 0.3) is 0 Å². The number of anilines is 1. The number of amides is 1. The second kappa shape index (κ2) is 6.66. The Bertz CT molecular complexity index is 773. The maximum absolute atomic E-state index is 12.3. The Morgan fingerprint density at radius 3 is 2.32 bits per heavy atom. The van der Waals surface area contributed by atoms with Gasteiger partial charge in [-0.2, -0.15) is 5.10 Å². The van der Waals surface area contributed by atoms with Crippen molar-refractivity contribution in [3.05, 3.63) is 29.5 Å². The molecule has 0 aliphatic carbocycles. The van der Waals surface area contributed by atoms with E-state index in [0.717, 1.165) is 16.9 Å².